The van der Waals surface area contributed by atoms with E-state index in [0.29, 0.717) is 13.0 Å². The Kier molecular flexibility index (Phi) is 8.45. The van der Waals surface area contributed by atoms with Crippen molar-refractivity contribution < 1.29 is 4.79 Å². The van der Waals surface area contributed by atoms with Crippen molar-refractivity contribution >= 4 is 5.91 Å². The molecule has 1 N–H and O–H groups in total. The molecule has 0 atom stereocenters. The maximum Gasteiger partial charge on any atom is 0.224 e. The van der Waals surface area contributed by atoms with Crippen LogP contribution in [0.1, 0.15) is 51.0 Å². The SMILES string of the molecule is CCCCCC/C=C/CC(=O)NCc1ccccc1. The monoisotopic (exact) mass is 259 g/mol. The lowest BCUT2D eigenvalue weighted by molar-refractivity contribution is -0.120. The fourth-order valence-electron chi connectivity index (χ4n) is 1.87. The number of benzene rings is 1. The zero-order valence-corrected chi connectivity index (χ0v) is 11.9. The molecule has 1 amide bonds. The normalized spacial score (nSPS) is 10.8. The summed E-state index contributed by atoms with van der Waals surface area (Å²) in [6.45, 7) is 2.83. The van der Waals surface area contributed by atoms with Crippen LogP contribution in [0, 0.1) is 0 Å². The quantitative estimate of drug-likeness (QED) is 0.522. The molecular weight excluding hydrogens is 234 g/mol. The molecule has 0 saturated carbocycles. The Morgan fingerprint density at radius 1 is 1.11 bits per heavy atom. The van der Waals surface area contributed by atoms with Crippen LogP contribution in [0.5, 0.6) is 0 Å². The van der Waals surface area contributed by atoms with Gasteiger partial charge in [-0.15, -0.1) is 0 Å². The van der Waals surface area contributed by atoms with Crippen LogP contribution >= 0.6 is 0 Å². The Morgan fingerprint density at radius 3 is 2.63 bits per heavy atom. The summed E-state index contributed by atoms with van der Waals surface area (Å²) in [6.07, 6.45) is 10.8. The van der Waals surface area contributed by atoms with E-state index in [-0.39, 0.29) is 5.91 Å². The zero-order valence-electron chi connectivity index (χ0n) is 11.9. The highest BCUT2D eigenvalue weighted by Crippen LogP contribution is 2.03. The van der Waals surface area contributed by atoms with Gasteiger partial charge in [-0.2, -0.15) is 0 Å². The minimum atomic E-state index is 0.0914. The highest BCUT2D eigenvalue weighted by molar-refractivity contribution is 5.77. The predicted molar refractivity (Wildman–Crippen MR) is 80.8 cm³/mol. The summed E-state index contributed by atoms with van der Waals surface area (Å²) < 4.78 is 0. The summed E-state index contributed by atoms with van der Waals surface area (Å²) in [6, 6.07) is 9.98. The molecule has 104 valence electrons. The van der Waals surface area contributed by atoms with Crippen molar-refractivity contribution in [2.75, 3.05) is 0 Å². The third-order valence-electron chi connectivity index (χ3n) is 3.03. The average Bonchev–Trinajstić information content (AvgIpc) is 2.45. The van der Waals surface area contributed by atoms with Gasteiger partial charge in [0.25, 0.3) is 0 Å². The van der Waals surface area contributed by atoms with Crippen molar-refractivity contribution in [3.63, 3.8) is 0 Å². The third-order valence-corrected chi connectivity index (χ3v) is 3.03. The van der Waals surface area contributed by atoms with Crippen molar-refractivity contribution in [2.24, 2.45) is 0 Å². The van der Waals surface area contributed by atoms with Crippen LogP contribution in [0.25, 0.3) is 0 Å². The van der Waals surface area contributed by atoms with E-state index in [1.807, 2.05) is 36.4 Å². The van der Waals surface area contributed by atoms with E-state index in [1.165, 1.54) is 25.7 Å². The summed E-state index contributed by atoms with van der Waals surface area (Å²) in [5, 5.41) is 2.92. The number of nitrogens with one attached hydrogen (secondary N) is 1. The Hall–Kier alpha value is -1.57. The number of carbonyl (C=O) groups is 1. The van der Waals surface area contributed by atoms with Crippen molar-refractivity contribution in [1.82, 2.24) is 5.32 Å². The fraction of sp³-hybridized carbons (Fsp3) is 0.471. The predicted octanol–water partition coefficient (Wildman–Crippen LogP) is 4.22. The van der Waals surface area contributed by atoms with Crippen molar-refractivity contribution in [1.29, 1.82) is 0 Å². The fourth-order valence-corrected chi connectivity index (χ4v) is 1.87. The van der Waals surface area contributed by atoms with E-state index in [2.05, 4.69) is 18.3 Å². The molecule has 0 aliphatic heterocycles. The standard InChI is InChI=1S/C17H25NO/c1-2-3-4-5-6-7-11-14-17(19)18-15-16-12-9-8-10-13-16/h7-13H,2-6,14-15H2,1H3,(H,18,19)/b11-7+. The Balaban J connectivity index is 2.06. The molecule has 0 heterocycles. The number of hydrogen-bond acceptors (Lipinski definition) is 1. The largest absolute Gasteiger partial charge is 0.352 e. The zero-order chi connectivity index (χ0) is 13.8. The van der Waals surface area contributed by atoms with Crippen molar-refractivity contribution in [3.8, 4) is 0 Å². The van der Waals surface area contributed by atoms with Crippen LogP contribution in [0.15, 0.2) is 42.5 Å². The second-order valence-electron chi connectivity index (χ2n) is 4.79. The number of allylic oxidation sites excluding steroid dienone is 1. The van der Waals surface area contributed by atoms with Gasteiger partial charge in [0, 0.05) is 13.0 Å². The molecule has 1 rings (SSSR count). The van der Waals surface area contributed by atoms with Gasteiger partial charge in [-0.05, 0) is 18.4 Å². The first kappa shape index (κ1) is 15.5. The molecule has 0 bridgehead atoms. The van der Waals surface area contributed by atoms with E-state index in [0.717, 1.165) is 12.0 Å². The highest BCUT2D eigenvalue weighted by Gasteiger charge is 1.97. The molecule has 0 aromatic heterocycles. The van der Waals surface area contributed by atoms with E-state index in [9.17, 15) is 4.79 Å². The van der Waals surface area contributed by atoms with E-state index in [1.54, 1.807) is 0 Å². The summed E-state index contributed by atoms with van der Waals surface area (Å²) in [4.78, 5) is 11.6. The van der Waals surface area contributed by atoms with Gasteiger partial charge in [0.1, 0.15) is 0 Å². The van der Waals surface area contributed by atoms with Crippen LogP contribution in [0.4, 0.5) is 0 Å². The second kappa shape index (κ2) is 10.4. The van der Waals surface area contributed by atoms with Gasteiger partial charge in [-0.3, -0.25) is 4.79 Å². The van der Waals surface area contributed by atoms with Gasteiger partial charge in [0.15, 0.2) is 0 Å². The summed E-state index contributed by atoms with van der Waals surface area (Å²) in [7, 11) is 0. The Labute approximate surface area is 116 Å². The van der Waals surface area contributed by atoms with Crippen LogP contribution in [0.2, 0.25) is 0 Å². The van der Waals surface area contributed by atoms with E-state index in [4.69, 9.17) is 0 Å². The lowest BCUT2D eigenvalue weighted by Crippen LogP contribution is -2.21. The average molecular weight is 259 g/mol. The van der Waals surface area contributed by atoms with Gasteiger partial charge >= 0.3 is 0 Å². The summed E-state index contributed by atoms with van der Waals surface area (Å²) in [5.41, 5.74) is 1.14. The number of rotatable bonds is 9. The first-order valence-corrected chi connectivity index (χ1v) is 7.28. The molecule has 0 saturated heterocycles. The molecule has 2 heteroatoms. The lowest BCUT2D eigenvalue weighted by atomic mass is 10.1. The smallest absolute Gasteiger partial charge is 0.224 e. The lowest BCUT2D eigenvalue weighted by Gasteiger charge is -2.03. The molecule has 1 aromatic rings. The van der Waals surface area contributed by atoms with Crippen LogP contribution < -0.4 is 5.32 Å². The first-order chi connectivity index (χ1) is 9.33. The van der Waals surface area contributed by atoms with E-state index >= 15 is 0 Å². The minimum absolute atomic E-state index is 0.0914. The summed E-state index contributed by atoms with van der Waals surface area (Å²) in [5.74, 6) is 0.0914. The molecule has 0 unspecified atom stereocenters. The second-order valence-corrected chi connectivity index (χ2v) is 4.79. The van der Waals surface area contributed by atoms with Crippen LogP contribution in [-0.2, 0) is 11.3 Å². The van der Waals surface area contributed by atoms with Crippen LogP contribution in [0.3, 0.4) is 0 Å². The van der Waals surface area contributed by atoms with Gasteiger partial charge in [-0.25, -0.2) is 0 Å². The Bertz CT molecular complexity index is 370. The molecule has 0 radical (unpaired) electrons. The minimum Gasteiger partial charge on any atom is -0.352 e. The number of hydrogen-bond donors (Lipinski definition) is 1. The maximum atomic E-state index is 11.6. The molecule has 19 heavy (non-hydrogen) atoms. The van der Waals surface area contributed by atoms with Gasteiger partial charge in [0.2, 0.25) is 5.91 Å². The first-order valence-electron chi connectivity index (χ1n) is 7.28. The van der Waals surface area contributed by atoms with Gasteiger partial charge in [-0.1, -0.05) is 68.7 Å². The molecule has 1 aromatic carbocycles. The van der Waals surface area contributed by atoms with Gasteiger partial charge in [0.05, 0.1) is 0 Å². The number of unbranched alkanes of at least 4 members (excludes halogenated alkanes) is 4. The molecular formula is C17H25NO. The van der Waals surface area contributed by atoms with Crippen LogP contribution in [-0.4, -0.2) is 5.91 Å². The van der Waals surface area contributed by atoms with Crippen molar-refractivity contribution in [3.05, 3.63) is 48.0 Å². The topological polar surface area (TPSA) is 29.1 Å². The number of carbonyl (C=O) groups excluding carboxylic acids is 1. The number of amides is 1. The third kappa shape index (κ3) is 8.20. The van der Waals surface area contributed by atoms with Crippen molar-refractivity contribution in [2.45, 2.75) is 52.0 Å². The molecule has 0 aliphatic carbocycles. The summed E-state index contributed by atoms with van der Waals surface area (Å²) >= 11 is 0. The molecule has 0 fully saturated rings. The molecule has 0 aliphatic rings. The van der Waals surface area contributed by atoms with E-state index < -0.39 is 0 Å². The molecule has 2 nitrogen and oxygen atoms in total. The molecule has 0 spiro atoms. The highest BCUT2D eigenvalue weighted by atomic mass is 16.1. The van der Waals surface area contributed by atoms with Gasteiger partial charge < -0.3 is 5.32 Å². The Morgan fingerprint density at radius 2 is 1.89 bits per heavy atom. The maximum absolute atomic E-state index is 11.6.